The van der Waals surface area contributed by atoms with E-state index >= 15 is 0 Å². The zero-order chi connectivity index (χ0) is 19.1. The summed E-state index contributed by atoms with van der Waals surface area (Å²) >= 11 is 0. The van der Waals surface area contributed by atoms with E-state index in [0.717, 1.165) is 30.8 Å². The first-order valence-corrected chi connectivity index (χ1v) is 10.0. The number of nitrogens with zero attached hydrogens (tertiary/aromatic N) is 2. The fourth-order valence-electron chi connectivity index (χ4n) is 5.06. The molecule has 3 aliphatic heterocycles. The van der Waals surface area contributed by atoms with Crippen LogP contribution in [0.2, 0.25) is 0 Å². The number of para-hydroxylation sites is 1. The molecule has 4 heterocycles. The summed E-state index contributed by atoms with van der Waals surface area (Å²) < 4.78 is 17.6. The lowest BCUT2D eigenvalue weighted by Crippen LogP contribution is -2.53. The fourth-order valence-corrected chi connectivity index (χ4v) is 5.06. The molecule has 1 aromatic carbocycles. The Labute approximate surface area is 165 Å². The molecule has 0 spiro atoms. The smallest absolute Gasteiger partial charge is 0.204 e. The predicted octanol–water partition coefficient (Wildman–Crippen LogP) is 2.74. The van der Waals surface area contributed by atoms with Gasteiger partial charge in [0.2, 0.25) is 5.75 Å². The molecule has 1 aromatic heterocycles. The lowest BCUT2D eigenvalue weighted by atomic mass is 9.83. The molecule has 3 aliphatic rings. The van der Waals surface area contributed by atoms with Crippen molar-refractivity contribution in [3.63, 3.8) is 0 Å². The van der Waals surface area contributed by atoms with E-state index in [-0.39, 0.29) is 6.10 Å². The van der Waals surface area contributed by atoms with Gasteiger partial charge in [0.1, 0.15) is 18.3 Å². The van der Waals surface area contributed by atoms with Crippen molar-refractivity contribution in [1.82, 2.24) is 9.88 Å². The Balaban J connectivity index is 1.30. The number of rotatable bonds is 4. The maximum absolute atomic E-state index is 11.3. The molecule has 0 saturated carbocycles. The third-order valence-corrected chi connectivity index (χ3v) is 6.35. The predicted molar refractivity (Wildman–Crippen MR) is 104 cm³/mol. The van der Waals surface area contributed by atoms with Gasteiger partial charge in [0.05, 0.1) is 12.8 Å². The molecule has 2 bridgehead atoms. The Bertz CT molecular complexity index is 815. The largest absolute Gasteiger partial charge is 0.493 e. The normalized spacial score (nSPS) is 31.6. The average molecular weight is 382 g/mol. The molecule has 148 valence electrons. The highest BCUT2D eigenvalue weighted by molar-refractivity contribution is 5.52. The van der Waals surface area contributed by atoms with Crippen molar-refractivity contribution in [3.8, 4) is 17.2 Å². The summed E-state index contributed by atoms with van der Waals surface area (Å²) in [5.41, 5.74) is -0.0361. The van der Waals surface area contributed by atoms with Crippen LogP contribution in [0.5, 0.6) is 17.2 Å². The van der Waals surface area contributed by atoms with E-state index in [1.54, 1.807) is 13.3 Å². The fraction of sp³-hybridized carbons (Fsp3) is 0.500. The maximum Gasteiger partial charge on any atom is 0.204 e. The summed E-state index contributed by atoms with van der Waals surface area (Å²) in [6.45, 7) is 1.33. The standard InChI is InChI=1S/C22H26N2O4/c1-26-18-5-4-6-19-21(18)28-17(14-27-19)13-24-15-8-9-16(24)12-22(25,11-15)20-7-2-3-10-23-20/h2-7,10,15-17,25H,8-9,11-14H2,1H3/t15-,16+,17-,22?/m0/s1. The van der Waals surface area contributed by atoms with Crippen molar-refractivity contribution in [2.45, 2.75) is 49.5 Å². The van der Waals surface area contributed by atoms with Crippen LogP contribution in [0.1, 0.15) is 31.4 Å². The Morgan fingerprint density at radius 1 is 1.18 bits per heavy atom. The van der Waals surface area contributed by atoms with Gasteiger partial charge in [-0.05, 0) is 49.9 Å². The second-order valence-corrected chi connectivity index (χ2v) is 8.07. The van der Waals surface area contributed by atoms with E-state index in [9.17, 15) is 5.11 Å². The molecule has 0 aliphatic carbocycles. The molecule has 0 radical (unpaired) electrons. The number of hydrogen-bond acceptors (Lipinski definition) is 6. The lowest BCUT2D eigenvalue weighted by molar-refractivity contribution is -0.0713. The molecule has 4 atom stereocenters. The minimum atomic E-state index is -0.830. The summed E-state index contributed by atoms with van der Waals surface area (Å²) in [6, 6.07) is 12.2. The summed E-state index contributed by atoms with van der Waals surface area (Å²) in [5, 5.41) is 11.3. The molecule has 5 rings (SSSR count). The van der Waals surface area contributed by atoms with Crippen molar-refractivity contribution in [1.29, 1.82) is 0 Å². The second-order valence-electron chi connectivity index (χ2n) is 8.07. The van der Waals surface area contributed by atoms with E-state index in [0.29, 0.717) is 43.0 Å². The molecule has 28 heavy (non-hydrogen) atoms. The van der Waals surface area contributed by atoms with Crippen LogP contribution in [0.4, 0.5) is 0 Å². The zero-order valence-corrected chi connectivity index (χ0v) is 16.1. The number of aliphatic hydroxyl groups is 1. The summed E-state index contributed by atoms with van der Waals surface area (Å²) in [6.07, 6.45) is 5.36. The molecule has 0 amide bonds. The highest BCUT2D eigenvalue weighted by Crippen LogP contribution is 2.46. The Kier molecular flexibility index (Phi) is 4.40. The Hall–Kier alpha value is -2.31. The molecule has 1 unspecified atom stereocenters. The van der Waals surface area contributed by atoms with Gasteiger partial charge in [-0.3, -0.25) is 9.88 Å². The number of pyridine rings is 1. The third kappa shape index (κ3) is 3.01. The average Bonchev–Trinajstić information content (AvgIpc) is 2.97. The van der Waals surface area contributed by atoms with Crippen LogP contribution in [-0.4, -0.2) is 53.4 Å². The molecule has 2 fully saturated rings. The van der Waals surface area contributed by atoms with Crippen molar-refractivity contribution in [3.05, 3.63) is 48.3 Å². The topological polar surface area (TPSA) is 64.1 Å². The summed E-state index contributed by atoms with van der Waals surface area (Å²) in [4.78, 5) is 6.93. The van der Waals surface area contributed by atoms with E-state index in [1.165, 1.54) is 0 Å². The van der Waals surface area contributed by atoms with Crippen LogP contribution < -0.4 is 14.2 Å². The lowest BCUT2D eigenvalue weighted by Gasteiger charge is -2.44. The highest BCUT2D eigenvalue weighted by Gasteiger charge is 2.49. The third-order valence-electron chi connectivity index (χ3n) is 6.35. The first-order valence-electron chi connectivity index (χ1n) is 10.0. The summed E-state index contributed by atoms with van der Waals surface area (Å²) in [7, 11) is 1.64. The van der Waals surface area contributed by atoms with Crippen molar-refractivity contribution in [2.24, 2.45) is 0 Å². The number of benzene rings is 1. The van der Waals surface area contributed by atoms with Crippen LogP contribution in [-0.2, 0) is 5.60 Å². The van der Waals surface area contributed by atoms with E-state index in [2.05, 4.69) is 9.88 Å². The monoisotopic (exact) mass is 382 g/mol. The number of aromatic nitrogens is 1. The van der Waals surface area contributed by atoms with Crippen molar-refractivity contribution >= 4 is 0 Å². The Morgan fingerprint density at radius 3 is 2.71 bits per heavy atom. The van der Waals surface area contributed by atoms with Crippen LogP contribution in [0.15, 0.2) is 42.6 Å². The van der Waals surface area contributed by atoms with Gasteiger partial charge >= 0.3 is 0 Å². The molecule has 2 aromatic rings. The zero-order valence-electron chi connectivity index (χ0n) is 16.1. The van der Waals surface area contributed by atoms with Crippen LogP contribution in [0.3, 0.4) is 0 Å². The first kappa shape index (κ1) is 17.8. The Morgan fingerprint density at radius 2 is 2.00 bits per heavy atom. The van der Waals surface area contributed by atoms with Gasteiger partial charge in [-0.25, -0.2) is 0 Å². The van der Waals surface area contributed by atoms with E-state index in [1.807, 2.05) is 36.4 Å². The van der Waals surface area contributed by atoms with Gasteiger partial charge in [-0.1, -0.05) is 12.1 Å². The number of piperidine rings is 1. The van der Waals surface area contributed by atoms with Gasteiger partial charge in [-0.15, -0.1) is 0 Å². The van der Waals surface area contributed by atoms with E-state index in [4.69, 9.17) is 14.2 Å². The first-order chi connectivity index (χ1) is 13.7. The SMILES string of the molecule is COc1cccc2c1O[C@@H](CN1[C@@H]3CC[C@H]1CC(O)(c1ccccn1)C3)CO2. The highest BCUT2D eigenvalue weighted by atomic mass is 16.6. The molecular formula is C22H26N2O4. The molecular weight excluding hydrogens is 356 g/mol. The number of fused-ring (bicyclic) bond motifs is 3. The van der Waals surface area contributed by atoms with Crippen LogP contribution in [0.25, 0.3) is 0 Å². The molecule has 2 saturated heterocycles. The minimum absolute atomic E-state index is 0.0482. The minimum Gasteiger partial charge on any atom is -0.493 e. The summed E-state index contributed by atoms with van der Waals surface area (Å²) in [5.74, 6) is 2.13. The molecule has 6 nitrogen and oxygen atoms in total. The number of ether oxygens (including phenoxy) is 3. The van der Waals surface area contributed by atoms with Crippen molar-refractivity contribution < 1.29 is 19.3 Å². The number of methoxy groups -OCH3 is 1. The number of hydrogen-bond donors (Lipinski definition) is 1. The van der Waals surface area contributed by atoms with Gasteiger partial charge < -0.3 is 19.3 Å². The van der Waals surface area contributed by atoms with E-state index < -0.39 is 5.60 Å². The van der Waals surface area contributed by atoms with Crippen molar-refractivity contribution in [2.75, 3.05) is 20.3 Å². The second kappa shape index (κ2) is 6.94. The molecule has 6 heteroatoms. The quantitative estimate of drug-likeness (QED) is 0.877. The van der Waals surface area contributed by atoms with Gasteiger partial charge in [0, 0.05) is 24.8 Å². The van der Waals surface area contributed by atoms with Crippen LogP contribution in [0, 0.1) is 0 Å². The van der Waals surface area contributed by atoms with Gasteiger partial charge in [-0.2, -0.15) is 0 Å². The van der Waals surface area contributed by atoms with Gasteiger partial charge in [0.15, 0.2) is 11.5 Å². The molecule has 1 N–H and O–H groups in total. The van der Waals surface area contributed by atoms with Crippen LogP contribution >= 0.6 is 0 Å². The maximum atomic E-state index is 11.3. The van der Waals surface area contributed by atoms with Gasteiger partial charge in [0.25, 0.3) is 0 Å².